The van der Waals surface area contributed by atoms with Crippen LogP contribution in [0.1, 0.15) is 0 Å². The molecule has 1 heterocycles. The maximum Gasteiger partial charge on any atom is 0.125 e. The van der Waals surface area contributed by atoms with Crippen molar-refractivity contribution in [1.29, 1.82) is 0 Å². The van der Waals surface area contributed by atoms with Crippen molar-refractivity contribution in [3.63, 3.8) is 0 Å². The zero-order valence-electron chi connectivity index (χ0n) is 24.5. The highest BCUT2D eigenvalue weighted by Crippen LogP contribution is 2.38. The lowest BCUT2D eigenvalue weighted by molar-refractivity contribution is 0.628. The van der Waals surface area contributed by atoms with Gasteiger partial charge < -0.3 is 9.47 Å². The molecule has 8 aromatic rings. The highest BCUT2D eigenvalue weighted by Gasteiger charge is 2.16. The summed E-state index contributed by atoms with van der Waals surface area (Å²) in [7, 11) is 0. The first kappa shape index (κ1) is 26.7. The van der Waals surface area contributed by atoms with E-state index >= 15 is 0 Å². The minimum atomic E-state index is -0.266. The fraction of sp³-hybridized carbons (Fsp3) is 0. The second-order valence-electron chi connectivity index (χ2n) is 11.2. The zero-order chi connectivity index (χ0) is 30.2. The molecule has 0 N–H and O–H groups in total. The van der Waals surface area contributed by atoms with Crippen molar-refractivity contribution in [3.05, 3.63) is 182 Å². The Morgan fingerprint density at radius 2 is 0.933 bits per heavy atom. The third kappa shape index (κ3) is 4.95. The molecule has 0 atom stereocenters. The highest BCUT2D eigenvalue weighted by molar-refractivity contribution is 6.10. The van der Waals surface area contributed by atoms with E-state index in [9.17, 15) is 4.39 Å². The average molecular weight is 581 g/mol. The van der Waals surface area contributed by atoms with Gasteiger partial charge in [0.2, 0.25) is 0 Å². The molecule has 0 fully saturated rings. The van der Waals surface area contributed by atoms with Crippen molar-refractivity contribution >= 4 is 38.9 Å². The zero-order valence-corrected chi connectivity index (χ0v) is 24.5. The van der Waals surface area contributed by atoms with Crippen molar-refractivity contribution in [2.24, 2.45) is 0 Å². The van der Waals surface area contributed by atoms with Crippen LogP contribution in [0.2, 0.25) is 0 Å². The molecular formula is C42H29FN2. The molecule has 0 aliphatic rings. The summed E-state index contributed by atoms with van der Waals surface area (Å²) in [6, 6.07) is 59.8. The van der Waals surface area contributed by atoms with Crippen LogP contribution in [-0.2, 0) is 0 Å². The quantitative estimate of drug-likeness (QED) is 0.190. The largest absolute Gasteiger partial charge is 0.310 e. The fourth-order valence-corrected chi connectivity index (χ4v) is 6.31. The van der Waals surface area contributed by atoms with E-state index in [2.05, 4.69) is 137 Å². The Morgan fingerprint density at radius 1 is 0.378 bits per heavy atom. The Morgan fingerprint density at radius 3 is 1.62 bits per heavy atom. The summed E-state index contributed by atoms with van der Waals surface area (Å²) >= 11 is 0. The molecule has 0 aliphatic heterocycles. The number of para-hydroxylation sites is 2. The average Bonchev–Trinajstić information content (AvgIpc) is 3.44. The lowest BCUT2D eigenvalue weighted by Gasteiger charge is -2.26. The Labute approximate surface area is 261 Å². The summed E-state index contributed by atoms with van der Waals surface area (Å²) in [5.41, 5.74) is 10.8. The number of fused-ring (bicyclic) bond motifs is 3. The molecule has 7 aromatic carbocycles. The second kappa shape index (κ2) is 11.3. The Balaban J connectivity index is 1.19. The van der Waals surface area contributed by atoms with Crippen LogP contribution in [-0.4, -0.2) is 4.57 Å². The van der Waals surface area contributed by atoms with Crippen LogP contribution in [0, 0.1) is 5.82 Å². The smallest absolute Gasteiger partial charge is 0.125 e. The molecule has 1 aromatic heterocycles. The number of benzene rings is 7. The van der Waals surface area contributed by atoms with Gasteiger partial charge in [-0.25, -0.2) is 4.39 Å². The maximum absolute atomic E-state index is 14.5. The standard InChI is InChI=1S/C42H29FN2/c43-34-12-9-15-38(29-34)44(36-23-18-31(19-24-36)30-10-3-1-4-11-30)37-25-20-32(21-26-37)33-22-27-42-40(28-33)39-16-7-8-17-41(39)45(42)35-13-5-2-6-14-35/h1-29H. The minimum Gasteiger partial charge on any atom is -0.310 e. The van der Waals surface area contributed by atoms with E-state index in [1.165, 1.54) is 27.9 Å². The topological polar surface area (TPSA) is 8.17 Å². The minimum absolute atomic E-state index is 0.266. The summed E-state index contributed by atoms with van der Waals surface area (Å²) in [5, 5.41) is 2.45. The molecular weight excluding hydrogens is 551 g/mol. The number of nitrogens with zero attached hydrogens (tertiary/aromatic N) is 2. The van der Waals surface area contributed by atoms with Gasteiger partial charge >= 0.3 is 0 Å². The normalized spacial score (nSPS) is 11.2. The van der Waals surface area contributed by atoms with Crippen molar-refractivity contribution in [1.82, 2.24) is 4.57 Å². The van der Waals surface area contributed by atoms with Gasteiger partial charge in [-0.2, -0.15) is 0 Å². The molecule has 214 valence electrons. The van der Waals surface area contributed by atoms with E-state index < -0.39 is 0 Å². The molecule has 3 heteroatoms. The predicted octanol–water partition coefficient (Wildman–Crippen LogP) is 11.7. The lowest BCUT2D eigenvalue weighted by Crippen LogP contribution is -2.10. The molecule has 0 bridgehead atoms. The third-order valence-corrected chi connectivity index (χ3v) is 8.44. The number of hydrogen-bond donors (Lipinski definition) is 0. The summed E-state index contributed by atoms with van der Waals surface area (Å²) in [6.07, 6.45) is 0. The van der Waals surface area contributed by atoms with Crippen molar-refractivity contribution in [3.8, 4) is 27.9 Å². The van der Waals surface area contributed by atoms with Crippen LogP contribution in [0.5, 0.6) is 0 Å². The molecule has 0 unspecified atom stereocenters. The van der Waals surface area contributed by atoms with E-state index in [-0.39, 0.29) is 5.82 Å². The second-order valence-corrected chi connectivity index (χ2v) is 11.2. The molecule has 0 spiro atoms. The van der Waals surface area contributed by atoms with Crippen LogP contribution in [0.15, 0.2) is 176 Å². The van der Waals surface area contributed by atoms with Gasteiger partial charge in [0.1, 0.15) is 5.82 Å². The van der Waals surface area contributed by atoms with Crippen LogP contribution in [0.4, 0.5) is 21.5 Å². The number of rotatable bonds is 6. The van der Waals surface area contributed by atoms with Crippen molar-refractivity contribution in [2.45, 2.75) is 0 Å². The molecule has 0 aliphatic carbocycles. The van der Waals surface area contributed by atoms with Crippen LogP contribution >= 0.6 is 0 Å². The number of aromatic nitrogens is 1. The van der Waals surface area contributed by atoms with Crippen LogP contribution in [0.3, 0.4) is 0 Å². The van der Waals surface area contributed by atoms with E-state index in [1.54, 1.807) is 12.1 Å². The van der Waals surface area contributed by atoms with Crippen molar-refractivity contribution in [2.75, 3.05) is 4.90 Å². The summed E-state index contributed by atoms with van der Waals surface area (Å²) in [6.45, 7) is 0. The van der Waals surface area contributed by atoms with Gasteiger partial charge in [0.25, 0.3) is 0 Å². The molecule has 2 nitrogen and oxygen atoms in total. The molecule has 0 radical (unpaired) electrons. The Kier molecular flexibility index (Phi) is 6.69. The van der Waals surface area contributed by atoms with Crippen molar-refractivity contribution < 1.29 is 4.39 Å². The van der Waals surface area contributed by atoms with Gasteiger partial charge in [-0.1, -0.05) is 103 Å². The molecule has 45 heavy (non-hydrogen) atoms. The monoisotopic (exact) mass is 580 g/mol. The third-order valence-electron chi connectivity index (χ3n) is 8.44. The lowest BCUT2D eigenvalue weighted by atomic mass is 10.0. The van der Waals surface area contributed by atoms with E-state index in [1.807, 2.05) is 30.3 Å². The highest BCUT2D eigenvalue weighted by atomic mass is 19.1. The van der Waals surface area contributed by atoms with E-state index in [0.29, 0.717) is 0 Å². The predicted molar refractivity (Wildman–Crippen MR) is 186 cm³/mol. The number of halogens is 1. The van der Waals surface area contributed by atoms with Gasteiger partial charge in [0.15, 0.2) is 0 Å². The summed E-state index contributed by atoms with van der Waals surface area (Å²) < 4.78 is 16.8. The number of anilines is 3. The van der Waals surface area contributed by atoms with Gasteiger partial charge in [0.05, 0.1) is 11.0 Å². The van der Waals surface area contributed by atoms with Crippen LogP contribution in [0.25, 0.3) is 49.7 Å². The molecule has 0 saturated carbocycles. The van der Waals surface area contributed by atoms with Crippen LogP contribution < -0.4 is 4.90 Å². The molecule has 8 rings (SSSR count). The van der Waals surface area contributed by atoms with Gasteiger partial charge in [-0.3, -0.25) is 0 Å². The first-order valence-corrected chi connectivity index (χ1v) is 15.1. The van der Waals surface area contributed by atoms with Gasteiger partial charge in [-0.15, -0.1) is 0 Å². The maximum atomic E-state index is 14.5. The first-order chi connectivity index (χ1) is 22.2. The van der Waals surface area contributed by atoms with Gasteiger partial charge in [0, 0.05) is 33.5 Å². The first-order valence-electron chi connectivity index (χ1n) is 15.1. The number of hydrogen-bond acceptors (Lipinski definition) is 1. The summed E-state index contributed by atoms with van der Waals surface area (Å²) in [4.78, 5) is 2.10. The Bertz CT molecular complexity index is 2250. The Hall–Kier alpha value is -5.93. The molecule has 0 amide bonds. The SMILES string of the molecule is Fc1cccc(N(c2ccc(-c3ccccc3)cc2)c2ccc(-c3ccc4c(c3)c3ccccc3n4-c3ccccc3)cc2)c1. The van der Waals surface area contributed by atoms with Gasteiger partial charge in [-0.05, 0) is 95.1 Å². The molecule has 0 saturated heterocycles. The van der Waals surface area contributed by atoms with E-state index in [0.717, 1.165) is 45.0 Å². The van der Waals surface area contributed by atoms with E-state index in [4.69, 9.17) is 0 Å². The fourth-order valence-electron chi connectivity index (χ4n) is 6.31. The summed E-state index contributed by atoms with van der Waals surface area (Å²) in [5.74, 6) is -0.266.